The van der Waals surface area contributed by atoms with Crippen molar-refractivity contribution in [2.75, 3.05) is 13.1 Å². The first-order valence-electron chi connectivity index (χ1n) is 4.92. The summed E-state index contributed by atoms with van der Waals surface area (Å²) in [5.41, 5.74) is 0.742. The molecule has 1 aromatic rings. The molecule has 1 saturated heterocycles. The van der Waals surface area contributed by atoms with E-state index in [9.17, 15) is 17.6 Å². The van der Waals surface area contributed by atoms with E-state index in [0.717, 1.165) is 18.7 Å². The molecule has 4 nitrogen and oxygen atoms in total. The normalized spacial score (nSPS) is 15.3. The van der Waals surface area contributed by atoms with E-state index in [1.165, 1.54) is 12.3 Å². The van der Waals surface area contributed by atoms with Crippen LogP contribution in [0.15, 0.2) is 18.5 Å². The van der Waals surface area contributed by atoms with Crippen molar-refractivity contribution in [1.29, 1.82) is 0 Å². The van der Waals surface area contributed by atoms with Crippen molar-refractivity contribution in [2.24, 2.45) is 0 Å². The first-order chi connectivity index (χ1) is 8.32. The van der Waals surface area contributed by atoms with Gasteiger partial charge in [-0.2, -0.15) is 13.2 Å². The molecule has 0 atom stereocenters. The van der Waals surface area contributed by atoms with Crippen molar-refractivity contribution in [3.8, 4) is 0 Å². The Morgan fingerprint density at radius 1 is 1.44 bits per heavy atom. The van der Waals surface area contributed by atoms with E-state index >= 15 is 0 Å². The molecule has 0 aromatic carbocycles. The van der Waals surface area contributed by atoms with E-state index in [1.54, 1.807) is 6.20 Å². The fourth-order valence-corrected chi connectivity index (χ4v) is 1.20. The third-order valence-electron chi connectivity index (χ3n) is 2.26. The van der Waals surface area contributed by atoms with Gasteiger partial charge in [-0.15, -0.1) is 0 Å². The Hall–Kier alpha value is -1.70. The fourth-order valence-electron chi connectivity index (χ4n) is 1.20. The SMILES string of the molecule is Fc1ccncc1C1CNC1.O=C(O)C(F)(F)F. The number of nitrogens with zero attached hydrogens (tertiary/aromatic N) is 1. The van der Waals surface area contributed by atoms with Gasteiger partial charge in [-0.3, -0.25) is 4.98 Å². The van der Waals surface area contributed by atoms with Crippen LogP contribution in [0.5, 0.6) is 0 Å². The van der Waals surface area contributed by atoms with Crippen LogP contribution in [0.2, 0.25) is 0 Å². The summed E-state index contributed by atoms with van der Waals surface area (Å²) in [6, 6.07) is 1.41. The van der Waals surface area contributed by atoms with Gasteiger partial charge in [-0.1, -0.05) is 0 Å². The summed E-state index contributed by atoms with van der Waals surface area (Å²) in [5, 5.41) is 10.2. The summed E-state index contributed by atoms with van der Waals surface area (Å²) in [5.74, 6) is -2.55. The zero-order chi connectivity index (χ0) is 13.8. The molecule has 18 heavy (non-hydrogen) atoms. The highest BCUT2D eigenvalue weighted by atomic mass is 19.4. The quantitative estimate of drug-likeness (QED) is 0.757. The molecular formula is C10H10F4N2O2. The van der Waals surface area contributed by atoms with Crippen LogP contribution in [-0.4, -0.2) is 35.3 Å². The molecule has 8 heteroatoms. The lowest BCUT2D eigenvalue weighted by atomic mass is 9.95. The molecule has 2 rings (SSSR count). The van der Waals surface area contributed by atoms with Crippen LogP contribution >= 0.6 is 0 Å². The topological polar surface area (TPSA) is 62.2 Å². The van der Waals surface area contributed by atoms with E-state index in [4.69, 9.17) is 9.90 Å². The Kier molecular flexibility index (Phi) is 4.60. The number of hydrogen-bond donors (Lipinski definition) is 2. The zero-order valence-electron chi connectivity index (χ0n) is 9.04. The Morgan fingerprint density at radius 2 is 2.00 bits per heavy atom. The number of carbonyl (C=O) groups is 1. The number of halogens is 4. The van der Waals surface area contributed by atoms with Crippen LogP contribution in [-0.2, 0) is 4.79 Å². The average molecular weight is 266 g/mol. The lowest BCUT2D eigenvalue weighted by molar-refractivity contribution is -0.192. The van der Waals surface area contributed by atoms with E-state index in [1.807, 2.05) is 0 Å². The highest BCUT2D eigenvalue weighted by molar-refractivity contribution is 5.73. The zero-order valence-corrected chi connectivity index (χ0v) is 9.04. The van der Waals surface area contributed by atoms with Gasteiger partial charge in [0.15, 0.2) is 0 Å². The molecule has 2 heterocycles. The largest absolute Gasteiger partial charge is 0.490 e. The maximum Gasteiger partial charge on any atom is 0.490 e. The van der Waals surface area contributed by atoms with Gasteiger partial charge in [0, 0.05) is 37.0 Å². The summed E-state index contributed by atoms with van der Waals surface area (Å²) < 4.78 is 44.7. The number of carboxylic acids is 1. The molecular weight excluding hydrogens is 256 g/mol. The molecule has 0 aliphatic carbocycles. The second-order valence-electron chi connectivity index (χ2n) is 3.56. The Bertz CT molecular complexity index is 419. The second-order valence-corrected chi connectivity index (χ2v) is 3.56. The van der Waals surface area contributed by atoms with Gasteiger partial charge in [0.05, 0.1) is 0 Å². The monoisotopic (exact) mass is 266 g/mol. The predicted octanol–water partition coefficient (Wildman–Crippen LogP) is 1.54. The Balaban J connectivity index is 0.000000203. The molecule has 1 fully saturated rings. The maximum atomic E-state index is 13.0. The molecule has 0 saturated carbocycles. The molecule has 0 unspecified atom stereocenters. The van der Waals surface area contributed by atoms with E-state index < -0.39 is 12.1 Å². The number of carboxylic acid groups (broad SMARTS) is 1. The first-order valence-corrected chi connectivity index (χ1v) is 4.92. The van der Waals surface area contributed by atoms with Gasteiger partial charge in [0.1, 0.15) is 5.82 Å². The molecule has 0 spiro atoms. The standard InChI is InChI=1S/C8H9FN2.C2HF3O2/c9-8-1-2-10-5-7(8)6-3-11-4-6;3-2(4,5)1(6)7/h1-2,5-6,11H,3-4H2;(H,6,7). The Morgan fingerprint density at radius 3 is 2.33 bits per heavy atom. The predicted molar refractivity (Wildman–Crippen MR) is 53.5 cm³/mol. The highest BCUT2D eigenvalue weighted by Gasteiger charge is 2.38. The molecule has 100 valence electrons. The van der Waals surface area contributed by atoms with E-state index in [0.29, 0.717) is 5.92 Å². The van der Waals surface area contributed by atoms with Crippen molar-refractivity contribution >= 4 is 5.97 Å². The van der Waals surface area contributed by atoms with Crippen LogP contribution in [0.3, 0.4) is 0 Å². The molecule has 1 aliphatic heterocycles. The minimum atomic E-state index is -5.08. The minimum absolute atomic E-state index is 0.133. The summed E-state index contributed by atoms with van der Waals surface area (Å²) in [7, 11) is 0. The number of pyridine rings is 1. The molecule has 0 radical (unpaired) electrons. The fraction of sp³-hybridized carbons (Fsp3) is 0.400. The van der Waals surface area contributed by atoms with E-state index in [-0.39, 0.29) is 5.82 Å². The van der Waals surface area contributed by atoms with Crippen LogP contribution < -0.4 is 5.32 Å². The van der Waals surface area contributed by atoms with Crippen LogP contribution in [0.4, 0.5) is 17.6 Å². The van der Waals surface area contributed by atoms with Gasteiger partial charge in [0.25, 0.3) is 0 Å². The smallest absolute Gasteiger partial charge is 0.475 e. The van der Waals surface area contributed by atoms with Crippen molar-refractivity contribution in [2.45, 2.75) is 12.1 Å². The average Bonchev–Trinajstić information content (AvgIpc) is 2.18. The molecule has 2 N–H and O–H groups in total. The molecule has 0 bridgehead atoms. The van der Waals surface area contributed by atoms with Crippen molar-refractivity contribution < 1.29 is 27.5 Å². The van der Waals surface area contributed by atoms with Crippen LogP contribution in [0.25, 0.3) is 0 Å². The highest BCUT2D eigenvalue weighted by Crippen LogP contribution is 2.20. The molecule has 0 amide bonds. The Labute approximate surface area is 99.6 Å². The minimum Gasteiger partial charge on any atom is -0.475 e. The van der Waals surface area contributed by atoms with E-state index in [2.05, 4.69) is 10.3 Å². The number of aromatic nitrogens is 1. The van der Waals surface area contributed by atoms with Gasteiger partial charge in [-0.25, -0.2) is 9.18 Å². The van der Waals surface area contributed by atoms with Gasteiger partial charge in [-0.05, 0) is 6.07 Å². The first kappa shape index (κ1) is 14.4. The number of rotatable bonds is 1. The molecule has 1 aliphatic rings. The number of alkyl halides is 3. The lowest BCUT2D eigenvalue weighted by Crippen LogP contribution is -2.40. The number of aliphatic carboxylic acids is 1. The molecule has 1 aromatic heterocycles. The van der Waals surface area contributed by atoms with Crippen LogP contribution in [0.1, 0.15) is 11.5 Å². The second kappa shape index (κ2) is 5.76. The summed E-state index contributed by atoms with van der Waals surface area (Å²) in [4.78, 5) is 12.8. The summed E-state index contributed by atoms with van der Waals surface area (Å²) >= 11 is 0. The van der Waals surface area contributed by atoms with Crippen molar-refractivity contribution in [3.63, 3.8) is 0 Å². The van der Waals surface area contributed by atoms with Gasteiger partial charge in [0.2, 0.25) is 0 Å². The maximum absolute atomic E-state index is 13.0. The summed E-state index contributed by atoms with van der Waals surface area (Å²) in [6.07, 6.45) is -1.99. The van der Waals surface area contributed by atoms with Gasteiger partial charge < -0.3 is 10.4 Å². The van der Waals surface area contributed by atoms with Crippen molar-refractivity contribution in [1.82, 2.24) is 10.3 Å². The van der Waals surface area contributed by atoms with Crippen LogP contribution in [0, 0.1) is 5.82 Å². The lowest BCUT2D eigenvalue weighted by Gasteiger charge is -2.27. The third kappa shape index (κ3) is 3.95. The van der Waals surface area contributed by atoms with Crippen molar-refractivity contribution in [3.05, 3.63) is 29.8 Å². The van der Waals surface area contributed by atoms with Gasteiger partial charge >= 0.3 is 12.1 Å². The third-order valence-corrected chi connectivity index (χ3v) is 2.26. The number of hydrogen-bond acceptors (Lipinski definition) is 3. The summed E-state index contributed by atoms with van der Waals surface area (Å²) in [6.45, 7) is 1.76. The number of nitrogens with one attached hydrogen (secondary N) is 1.